The van der Waals surface area contributed by atoms with E-state index in [0.29, 0.717) is 12.0 Å². The van der Waals surface area contributed by atoms with Crippen molar-refractivity contribution in [3.63, 3.8) is 0 Å². The first-order valence-corrected chi connectivity index (χ1v) is 10.4. The molecule has 1 N–H and O–H groups in total. The van der Waals surface area contributed by atoms with Gasteiger partial charge in [-0.25, -0.2) is 4.79 Å². The Hall–Kier alpha value is -2.64. The van der Waals surface area contributed by atoms with Gasteiger partial charge in [0, 0.05) is 44.0 Å². The highest BCUT2D eigenvalue weighted by molar-refractivity contribution is 5.98. The molecule has 1 aromatic heterocycles. The lowest BCUT2D eigenvalue weighted by molar-refractivity contribution is -0.142. The number of hydrogen-bond acceptors (Lipinski definition) is 5. The number of aromatic nitrogens is 1. The largest absolute Gasteiger partial charge is 0.467 e. The number of rotatable bonds is 8. The fourth-order valence-electron chi connectivity index (χ4n) is 3.86. The second kappa shape index (κ2) is 10.4. The average Bonchev–Trinajstić information content (AvgIpc) is 3.06. The molecule has 2 heterocycles. The minimum absolute atomic E-state index is 0.257. The maximum atomic E-state index is 13.0. The molecule has 0 radical (unpaired) electrons. The third kappa shape index (κ3) is 5.49. The molecule has 1 aliphatic heterocycles. The van der Waals surface area contributed by atoms with Crippen molar-refractivity contribution < 1.29 is 19.1 Å². The number of morpholine rings is 1. The van der Waals surface area contributed by atoms with E-state index in [1.54, 1.807) is 0 Å². The van der Waals surface area contributed by atoms with Crippen molar-refractivity contribution in [2.45, 2.75) is 32.9 Å². The molecule has 2 aromatic rings. The zero-order chi connectivity index (χ0) is 21.5. The first-order valence-electron chi connectivity index (χ1n) is 10.4. The van der Waals surface area contributed by atoms with Gasteiger partial charge in [-0.1, -0.05) is 30.3 Å². The summed E-state index contributed by atoms with van der Waals surface area (Å²) in [6.07, 6.45) is 0.384. The first-order chi connectivity index (χ1) is 14.5. The summed E-state index contributed by atoms with van der Waals surface area (Å²) >= 11 is 0. The van der Waals surface area contributed by atoms with E-state index in [0.717, 1.165) is 56.3 Å². The molecule has 0 aliphatic carbocycles. The zero-order valence-corrected chi connectivity index (χ0v) is 18.0. The molecule has 0 bridgehead atoms. The van der Waals surface area contributed by atoms with Crippen LogP contribution >= 0.6 is 0 Å². The predicted molar refractivity (Wildman–Crippen MR) is 115 cm³/mol. The van der Waals surface area contributed by atoms with Crippen LogP contribution in [0, 0.1) is 13.8 Å². The van der Waals surface area contributed by atoms with Crippen molar-refractivity contribution in [3.8, 4) is 0 Å². The molecular formula is C23H31N3O4. The zero-order valence-electron chi connectivity index (χ0n) is 18.0. The van der Waals surface area contributed by atoms with E-state index in [9.17, 15) is 9.59 Å². The van der Waals surface area contributed by atoms with Crippen molar-refractivity contribution >= 4 is 11.9 Å². The highest BCUT2D eigenvalue weighted by Gasteiger charge is 2.25. The molecule has 1 atom stereocenters. The van der Waals surface area contributed by atoms with Crippen LogP contribution in [0.5, 0.6) is 0 Å². The Labute approximate surface area is 178 Å². The molecule has 0 saturated carbocycles. The van der Waals surface area contributed by atoms with Crippen LogP contribution in [0.25, 0.3) is 0 Å². The molecule has 3 rings (SSSR count). The Kier molecular flexibility index (Phi) is 7.65. The highest BCUT2D eigenvalue weighted by Crippen LogP contribution is 2.16. The normalized spacial score (nSPS) is 15.6. The van der Waals surface area contributed by atoms with Crippen LogP contribution < -0.4 is 5.32 Å². The predicted octanol–water partition coefficient (Wildman–Crippen LogP) is 1.95. The number of amides is 1. The van der Waals surface area contributed by atoms with Crippen LogP contribution in [0.2, 0.25) is 0 Å². The van der Waals surface area contributed by atoms with Crippen molar-refractivity contribution in [1.82, 2.24) is 14.8 Å². The number of benzene rings is 1. The van der Waals surface area contributed by atoms with Crippen LogP contribution in [0.1, 0.15) is 27.3 Å². The minimum atomic E-state index is -0.735. The van der Waals surface area contributed by atoms with Gasteiger partial charge >= 0.3 is 5.97 Å². The summed E-state index contributed by atoms with van der Waals surface area (Å²) in [5.41, 5.74) is 3.49. The molecule has 7 nitrogen and oxygen atoms in total. The molecular weight excluding hydrogens is 382 g/mol. The molecule has 1 unspecified atom stereocenters. The van der Waals surface area contributed by atoms with Gasteiger partial charge in [-0.2, -0.15) is 0 Å². The Bertz CT molecular complexity index is 857. The summed E-state index contributed by atoms with van der Waals surface area (Å²) in [5, 5.41) is 2.87. The molecule has 7 heteroatoms. The summed E-state index contributed by atoms with van der Waals surface area (Å²) in [7, 11) is 1.34. The van der Waals surface area contributed by atoms with E-state index in [2.05, 4.69) is 14.8 Å². The fourth-order valence-corrected chi connectivity index (χ4v) is 3.86. The van der Waals surface area contributed by atoms with Crippen LogP contribution in [-0.2, 0) is 27.2 Å². The van der Waals surface area contributed by atoms with Crippen molar-refractivity contribution in [1.29, 1.82) is 0 Å². The lowest BCUT2D eigenvalue weighted by Crippen LogP contribution is -2.43. The van der Waals surface area contributed by atoms with Gasteiger partial charge < -0.3 is 19.4 Å². The number of nitrogens with zero attached hydrogens (tertiary/aromatic N) is 2. The summed E-state index contributed by atoms with van der Waals surface area (Å²) < 4.78 is 12.5. The van der Waals surface area contributed by atoms with E-state index in [-0.39, 0.29) is 5.91 Å². The summed E-state index contributed by atoms with van der Waals surface area (Å²) in [4.78, 5) is 27.6. The van der Waals surface area contributed by atoms with Gasteiger partial charge in [-0.05, 0) is 25.5 Å². The maximum Gasteiger partial charge on any atom is 0.328 e. The number of nitrogens with one attached hydrogen (secondary N) is 1. The van der Waals surface area contributed by atoms with Crippen molar-refractivity contribution in [3.05, 3.63) is 58.9 Å². The molecule has 1 amide bonds. The van der Waals surface area contributed by atoms with E-state index < -0.39 is 12.0 Å². The SMILES string of the molecule is COC(=O)C(Cc1ccccc1)NC(=O)c1cc(C)n(CCN2CCOCC2)c1C. The number of methoxy groups -OCH3 is 1. The van der Waals surface area contributed by atoms with Crippen molar-refractivity contribution in [2.24, 2.45) is 0 Å². The third-order valence-electron chi connectivity index (χ3n) is 5.64. The lowest BCUT2D eigenvalue weighted by Gasteiger charge is -2.27. The number of carbonyl (C=O) groups is 2. The molecule has 30 heavy (non-hydrogen) atoms. The van der Waals surface area contributed by atoms with Gasteiger partial charge in [0.25, 0.3) is 5.91 Å². The molecule has 0 spiro atoms. The number of hydrogen-bond donors (Lipinski definition) is 1. The monoisotopic (exact) mass is 413 g/mol. The van der Waals surface area contributed by atoms with Gasteiger partial charge in [0.05, 0.1) is 25.9 Å². The quantitative estimate of drug-likeness (QED) is 0.670. The van der Waals surface area contributed by atoms with Gasteiger partial charge in [-0.3, -0.25) is 9.69 Å². The van der Waals surface area contributed by atoms with Gasteiger partial charge in [0.2, 0.25) is 0 Å². The third-order valence-corrected chi connectivity index (χ3v) is 5.64. The molecule has 1 aliphatic rings. The topological polar surface area (TPSA) is 72.8 Å². The van der Waals surface area contributed by atoms with Crippen LogP contribution in [-0.4, -0.2) is 67.3 Å². The lowest BCUT2D eigenvalue weighted by atomic mass is 10.1. The Morgan fingerprint density at radius 3 is 2.50 bits per heavy atom. The first kappa shape index (κ1) is 22.1. The minimum Gasteiger partial charge on any atom is -0.467 e. The van der Waals surface area contributed by atoms with Gasteiger partial charge in [0.15, 0.2) is 0 Å². The average molecular weight is 414 g/mol. The van der Waals surface area contributed by atoms with E-state index in [4.69, 9.17) is 9.47 Å². The summed E-state index contributed by atoms with van der Waals surface area (Å²) in [6.45, 7) is 9.10. The van der Waals surface area contributed by atoms with Crippen molar-refractivity contribution in [2.75, 3.05) is 40.0 Å². The Morgan fingerprint density at radius 1 is 1.13 bits per heavy atom. The Morgan fingerprint density at radius 2 is 1.83 bits per heavy atom. The van der Waals surface area contributed by atoms with Gasteiger partial charge in [0.1, 0.15) is 6.04 Å². The van der Waals surface area contributed by atoms with E-state index >= 15 is 0 Å². The number of ether oxygens (including phenoxy) is 2. The van der Waals surface area contributed by atoms with Crippen LogP contribution in [0.3, 0.4) is 0 Å². The van der Waals surface area contributed by atoms with E-state index in [1.807, 2.05) is 50.2 Å². The molecule has 1 aromatic carbocycles. The number of carbonyl (C=O) groups excluding carboxylic acids is 2. The fraction of sp³-hybridized carbons (Fsp3) is 0.478. The molecule has 162 valence electrons. The van der Waals surface area contributed by atoms with Crippen LogP contribution in [0.15, 0.2) is 36.4 Å². The second-order valence-corrected chi connectivity index (χ2v) is 7.63. The summed E-state index contributed by atoms with van der Waals surface area (Å²) in [6, 6.07) is 10.8. The standard InChI is InChI=1S/C23H31N3O4/c1-17-15-20(18(2)26(17)10-9-25-11-13-30-14-12-25)22(27)24-21(23(28)29-3)16-19-7-5-4-6-8-19/h4-8,15,21H,9-14,16H2,1-3H3,(H,24,27). The smallest absolute Gasteiger partial charge is 0.328 e. The number of aryl methyl sites for hydroxylation is 1. The van der Waals surface area contributed by atoms with Gasteiger partial charge in [-0.15, -0.1) is 0 Å². The molecule has 1 fully saturated rings. The maximum absolute atomic E-state index is 13.0. The van der Waals surface area contributed by atoms with E-state index in [1.165, 1.54) is 7.11 Å². The number of esters is 1. The Balaban J connectivity index is 1.69. The molecule has 1 saturated heterocycles. The summed E-state index contributed by atoms with van der Waals surface area (Å²) in [5.74, 6) is -0.708. The second-order valence-electron chi connectivity index (χ2n) is 7.63. The highest BCUT2D eigenvalue weighted by atomic mass is 16.5. The van der Waals surface area contributed by atoms with Crippen LogP contribution in [0.4, 0.5) is 0 Å².